The maximum Gasteiger partial charge on any atom is 0.409 e. The second-order valence-corrected chi connectivity index (χ2v) is 10.7. The fourth-order valence-corrected chi connectivity index (χ4v) is 4.88. The SMILES string of the molecule is CCOC(=O)[C@H]1CN(C(=O)OCC(C)C)C[C@H]1Cc1ccc(OCCc2nc(-c3ccc(OC)cc3)oc2C)cc1. The molecule has 9 nitrogen and oxygen atoms in total. The van der Waals surface area contributed by atoms with Crippen LogP contribution in [0.25, 0.3) is 11.5 Å². The molecule has 1 aliphatic heterocycles. The Hall–Kier alpha value is -4.01. The zero-order valence-corrected chi connectivity index (χ0v) is 24.6. The number of hydrogen-bond donors (Lipinski definition) is 0. The van der Waals surface area contributed by atoms with Crippen molar-refractivity contribution in [2.45, 2.75) is 40.5 Å². The van der Waals surface area contributed by atoms with Crippen molar-refractivity contribution in [2.24, 2.45) is 17.8 Å². The van der Waals surface area contributed by atoms with Crippen LogP contribution in [0.2, 0.25) is 0 Å². The van der Waals surface area contributed by atoms with E-state index in [2.05, 4.69) is 4.98 Å². The maximum absolute atomic E-state index is 12.7. The van der Waals surface area contributed by atoms with Gasteiger partial charge < -0.3 is 28.3 Å². The number of hydrogen-bond acceptors (Lipinski definition) is 8. The molecule has 4 rings (SSSR count). The number of methoxy groups -OCH3 is 1. The molecule has 0 unspecified atom stereocenters. The Morgan fingerprint density at radius 1 is 1.02 bits per heavy atom. The molecule has 1 fully saturated rings. The van der Waals surface area contributed by atoms with E-state index in [1.807, 2.05) is 69.3 Å². The Kier molecular flexibility index (Phi) is 10.3. The topological polar surface area (TPSA) is 100 Å². The molecule has 2 atom stereocenters. The third kappa shape index (κ3) is 8.02. The zero-order chi connectivity index (χ0) is 29.4. The van der Waals surface area contributed by atoms with E-state index in [-0.39, 0.29) is 29.8 Å². The zero-order valence-electron chi connectivity index (χ0n) is 24.6. The average molecular weight is 565 g/mol. The van der Waals surface area contributed by atoms with Crippen molar-refractivity contribution in [3.8, 4) is 23.0 Å². The summed E-state index contributed by atoms with van der Waals surface area (Å²) >= 11 is 0. The lowest BCUT2D eigenvalue weighted by Crippen LogP contribution is -2.31. The summed E-state index contributed by atoms with van der Waals surface area (Å²) in [6.45, 7) is 9.55. The molecule has 0 bridgehead atoms. The molecule has 0 radical (unpaired) electrons. The summed E-state index contributed by atoms with van der Waals surface area (Å²) in [6.07, 6.45) is 0.876. The van der Waals surface area contributed by atoms with Crippen molar-refractivity contribution in [3.63, 3.8) is 0 Å². The minimum Gasteiger partial charge on any atom is -0.497 e. The normalized spacial score (nSPS) is 16.6. The molecule has 3 aromatic rings. The lowest BCUT2D eigenvalue weighted by Gasteiger charge is -2.17. The van der Waals surface area contributed by atoms with Crippen LogP contribution < -0.4 is 9.47 Å². The predicted octanol–water partition coefficient (Wildman–Crippen LogP) is 5.73. The fraction of sp³-hybridized carbons (Fsp3) is 0.469. The molecule has 220 valence electrons. The van der Waals surface area contributed by atoms with Gasteiger partial charge >= 0.3 is 12.1 Å². The summed E-state index contributed by atoms with van der Waals surface area (Å²) in [7, 11) is 1.63. The van der Waals surface area contributed by atoms with E-state index in [4.69, 9.17) is 23.4 Å². The van der Waals surface area contributed by atoms with Crippen molar-refractivity contribution in [2.75, 3.05) is 40.0 Å². The summed E-state index contributed by atoms with van der Waals surface area (Å²) in [6, 6.07) is 15.4. The van der Waals surface area contributed by atoms with Gasteiger partial charge in [-0.2, -0.15) is 0 Å². The van der Waals surface area contributed by atoms with Crippen LogP contribution in [-0.4, -0.2) is 62.0 Å². The fourth-order valence-electron chi connectivity index (χ4n) is 4.88. The van der Waals surface area contributed by atoms with Gasteiger partial charge in [-0.25, -0.2) is 9.78 Å². The number of aromatic nitrogens is 1. The van der Waals surface area contributed by atoms with Crippen LogP contribution in [0, 0.1) is 24.7 Å². The highest BCUT2D eigenvalue weighted by molar-refractivity contribution is 5.76. The van der Waals surface area contributed by atoms with Crippen LogP contribution in [0.4, 0.5) is 4.79 Å². The van der Waals surface area contributed by atoms with Crippen molar-refractivity contribution in [3.05, 3.63) is 65.5 Å². The first kappa shape index (κ1) is 30.0. The van der Waals surface area contributed by atoms with E-state index in [0.29, 0.717) is 51.6 Å². The monoisotopic (exact) mass is 564 g/mol. The van der Waals surface area contributed by atoms with Crippen molar-refractivity contribution in [1.82, 2.24) is 9.88 Å². The number of benzene rings is 2. The van der Waals surface area contributed by atoms with E-state index < -0.39 is 0 Å². The summed E-state index contributed by atoms with van der Waals surface area (Å²) in [5.41, 5.74) is 2.81. The second kappa shape index (κ2) is 14.1. The molecule has 1 amide bonds. The van der Waals surface area contributed by atoms with Gasteiger partial charge in [0.15, 0.2) is 0 Å². The van der Waals surface area contributed by atoms with Gasteiger partial charge in [-0.3, -0.25) is 4.79 Å². The Morgan fingerprint density at radius 3 is 2.39 bits per heavy atom. The third-order valence-electron chi connectivity index (χ3n) is 7.09. The predicted molar refractivity (Wildman–Crippen MR) is 154 cm³/mol. The number of esters is 1. The molecule has 0 saturated carbocycles. The van der Waals surface area contributed by atoms with Gasteiger partial charge in [0.1, 0.15) is 17.3 Å². The number of oxazole rings is 1. The molecule has 9 heteroatoms. The van der Waals surface area contributed by atoms with Crippen molar-refractivity contribution < 1.29 is 33.0 Å². The summed E-state index contributed by atoms with van der Waals surface area (Å²) in [5.74, 6) is 2.41. The largest absolute Gasteiger partial charge is 0.497 e. The number of amides is 1. The second-order valence-electron chi connectivity index (χ2n) is 10.7. The molecular formula is C32H40N2O7. The van der Waals surface area contributed by atoms with Gasteiger partial charge in [0.2, 0.25) is 5.89 Å². The minimum absolute atomic E-state index is 0.0533. The first-order valence-corrected chi connectivity index (χ1v) is 14.2. The lowest BCUT2D eigenvalue weighted by molar-refractivity contribution is -0.148. The minimum atomic E-state index is -0.383. The number of rotatable bonds is 12. The standard InChI is InChI=1S/C32H40N2O7/c1-6-38-31(35)28-19-34(32(36)40-20-21(2)3)18-25(28)17-23-7-11-27(12-8-23)39-16-15-29-22(4)41-30(33-29)24-9-13-26(37-5)14-10-24/h7-14,21,25,28H,6,15-20H2,1-5H3/t25-,28+/m1/s1. The van der Waals surface area contributed by atoms with Crippen LogP contribution in [0.15, 0.2) is 52.9 Å². The first-order chi connectivity index (χ1) is 19.8. The van der Waals surface area contributed by atoms with Gasteiger partial charge in [-0.1, -0.05) is 26.0 Å². The number of carbonyl (C=O) groups is 2. The molecule has 2 heterocycles. The van der Waals surface area contributed by atoms with E-state index in [1.165, 1.54) is 0 Å². The quantitative estimate of drug-likeness (QED) is 0.257. The molecule has 1 saturated heterocycles. The highest BCUT2D eigenvalue weighted by atomic mass is 16.6. The number of carbonyl (C=O) groups excluding carboxylic acids is 2. The molecule has 0 aliphatic carbocycles. The molecule has 41 heavy (non-hydrogen) atoms. The Labute approximate surface area is 241 Å². The van der Waals surface area contributed by atoms with E-state index >= 15 is 0 Å². The van der Waals surface area contributed by atoms with Gasteiger partial charge in [0, 0.05) is 25.1 Å². The summed E-state index contributed by atoms with van der Waals surface area (Å²) < 4.78 is 27.8. The maximum atomic E-state index is 12.7. The molecule has 1 aromatic heterocycles. The van der Waals surface area contributed by atoms with Gasteiger partial charge in [-0.05, 0) is 74.1 Å². The van der Waals surface area contributed by atoms with E-state index in [1.54, 1.807) is 18.9 Å². The van der Waals surface area contributed by atoms with Crippen molar-refractivity contribution >= 4 is 12.1 Å². The Morgan fingerprint density at radius 2 is 1.73 bits per heavy atom. The molecule has 0 spiro atoms. The Balaban J connectivity index is 1.31. The highest BCUT2D eigenvalue weighted by Gasteiger charge is 2.41. The first-order valence-electron chi connectivity index (χ1n) is 14.2. The van der Waals surface area contributed by atoms with Gasteiger partial charge in [-0.15, -0.1) is 0 Å². The van der Waals surface area contributed by atoms with E-state index in [9.17, 15) is 9.59 Å². The van der Waals surface area contributed by atoms with Crippen LogP contribution in [0.1, 0.15) is 37.8 Å². The number of aryl methyl sites for hydroxylation is 1. The Bertz CT molecular complexity index is 1280. The summed E-state index contributed by atoms with van der Waals surface area (Å²) in [5, 5.41) is 0. The van der Waals surface area contributed by atoms with Crippen LogP contribution in [0.3, 0.4) is 0 Å². The van der Waals surface area contributed by atoms with Crippen LogP contribution in [-0.2, 0) is 27.1 Å². The van der Waals surface area contributed by atoms with Crippen molar-refractivity contribution in [1.29, 1.82) is 0 Å². The summed E-state index contributed by atoms with van der Waals surface area (Å²) in [4.78, 5) is 31.5. The van der Waals surface area contributed by atoms with Crippen LogP contribution >= 0.6 is 0 Å². The highest BCUT2D eigenvalue weighted by Crippen LogP contribution is 2.30. The molecular weight excluding hydrogens is 524 g/mol. The molecule has 1 aliphatic rings. The van der Waals surface area contributed by atoms with Crippen LogP contribution in [0.5, 0.6) is 11.5 Å². The van der Waals surface area contributed by atoms with Gasteiger partial charge in [0.25, 0.3) is 0 Å². The van der Waals surface area contributed by atoms with E-state index in [0.717, 1.165) is 34.1 Å². The molecule has 2 aromatic carbocycles. The molecule has 0 N–H and O–H groups in total. The van der Waals surface area contributed by atoms with Gasteiger partial charge in [0.05, 0.1) is 38.5 Å². The number of nitrogens with zero attached hydrogens (tertiary/aromatic N) is 2. The smallest absolute Gasteiger partial charge is 0.409 e. The number of likely N-dealkylation sites (tertiary alicyclic amines) is 1. The average Bonchev–Trinajstić information content (AvgIpc) is 3.56. The third-order valence-corrected chi connectivity index (χ3v) is 7.09. The lowest BCUT2D eigenvalue weighted by atomic mass is 9.90. The number of ether oxygens (including phenoxy) is 4.